The fourth-order valence-corrected chi connectivity index (χ4v) is 3.25. The molecule has 0 aliphatic carbocycles. The molecule has 1 amide bonds. The predicted molar refractivity (Wildman–Crippen MR) is 95.1 cm³/mol. The van der Waals surface area contributed by atoms with Crippen molar-refractivity contribution >= 4 is 17.6 Å². The second kappa shape index (κ2) is 8.83. The van der Waals surface area contributed by atoms with Gasteiger partial charge >= 0.3 is 5.97 Å². The lowest BCUT2D eigenvalue weighted by molar-refractivity contribution is -0.137. The summed E-state index contributed by atoms with van der Waals surface area (Å²) in [5.41, 5.74) is 2.07. The topological polar surface area (TPSA) is 69.6 Å². The third-order valence-electron chi connectivity index (χ3n) is 4.87. The first kappa shape index (κ1) is 18.5. The molecule has 1 aliphatic heterocycles. The van der Waals surface area contributed by atoms with E-state index in [0.717, 1.165) is 38.0 Å². The van der Waals surface area contributed by atoms with Crippen LogP contribution in [0.2, 0.25) is 0 Å². The van der Waals surface area contributed by atoms with Gasteiger partial charge in [-0.05, 0) is 62.8 Å². The molecule has 2 N–H and O–H groups in total. The molecule has 1 fully saturated rings. The third-order valence-corrected chi connectivity index (χ3v) is 4.87. The van der Waals surface area contributed by atoms with E-state index in [-0.39, 0.29) is 18.4 Å². The molecule has 0 bridgehead atoms. The molecule has 5 nitrogen and oxygen atoms in total. The van der Waals surface area contributed by atoms with E-state index in [1.54, 1.807) is 0 Å². The first-order valence-electron chi connectivity index (χ1n) is 8.85. The number of piperidine rings is 1. The highest BCUT2D eigenvalue weighted by molar-refractivity contribution is 5.94. The summed E-state index contributed by atoms with van der Waals surface area (Å²) < 4.78 is 0. The van der Waals surface area contributed by atoms with Crippen LogP contribution in [0.15, 0.2) is 24.3 Å². The molecule has 0 saturated carbocycles. The Morgan fingerprint density at radius 3 is 2.67 bits per heavy atom. The van der Waals surface area contributed by atoms with Gasteiger partial charge in [0.2, 0.25) is 5.91 Å². The number of likely N-dealkylation sites (tertiary alicyclic amines) is 1. The summed E-state index contributed by atoms with van der Waals surface area (Å²) >= 11 is 0. The smallest absolute Gasteiger partial charge is 0.303 e. The number of carbonyl (C=O) groups is 2. The monoisotopic (exact) mass is 332 g/mol. The van der Waals surface area contributed by atoms with Crippen LogP contribution in [-0.2, 0) is 16.0 Å². The fraction of sp³-hybridized carbons (Fsp3) is 0.579. The van der Waals surface area contributed by atoms with Gasteiger partial charge < -0.3 is 10.4 Å². The van der Waals surface area contributed by atoms with Gasteiger partial charge in [-0.25, -0.2) is 0 Å². The van der Waals surface area contributed by atoms with Crippen molar-refractivity contribution in [3.63, 3.8) is 0 Å². The van der Waals surface area contributed by atoms with Crippen LogP contribution in [-0.4, -0.2) is 41.0 Å². The predicted octanol–water partition coefficient (Wildman–Crippen LogP) is 3.15. The van der Waals surface area contributed by atoms with E-state index in [4.69, 9.17) is 5.11 Å². The van der Waals surface area contributed by atoms with Crippen LogP contribution in [0.25, 0.3) is 0 Å². The van der Waals surface area contributed by atoms with Gasteiger partial charge in [-0.3, -0.25) is 14.5 Å². The molecule has 1 heterocycles. The standard InChI is InChI=1S/C19H28N2O3/c1-3-15-6-9-17(10-7-15)20-19(24)14(2)21-12-4-5-16(13-21)8-11-18(22)23/h6-7,9-10,14,16H,3-5,8,11-13H2,1-2H3,(H,20,24)(H,22,23). The Kier molecular flexibility index (Phi) is 6.79. The summed E-state index contributed by atoms with van der Waals surface area (Å²) in [6, 6.07) is 7.74. The molecule has 2 rings (SSSR count). The highest BCUT2D eigenvalue weighted by atomic mass is 16.4. The Labute approximate surface area is 144 Å². The molecule has 2 atom stereocenters. The number of nitrogens with one attached hydrogen (secondary N) is 1. The lowest BCUT2D eigenvalue weighted by atomic mass is 9.92. The molecular formula is C19H28N2O3. The molecule has 1 aliphatic rings. The van der Waals surface area contributed by atoms with Crippen molar-refractivity contribution in [1.29, 1.82) is 0 Å². The second-order valence-electron chi connectivity index (χ2n) is 6.65. The number of rotatable bonds is 7. The number of carbonyl (C=O) groups excluding carboxylic acids is 1. The summed E-state index contributed by atoms with van der Waals surface area (Å²) in [6.07, 6.45) is 3.96. The number of benzene rings is 1. The van der Waals surface area contributed by atoms with Gasteiger partial charge in [0.15, 0.2) is 0 Å². The van der Waals surface area contributed by atoms with Crippen molar-refractivity contribution in [3.8, 4) is 0 Å². The highest BCUT2D eigenvalue weighted by Crippen LogP contribution is 2.23. The van der Waals surface area contributed by atoms with Crippen molar-refractivity contribution in [3.05, 3.63) is 29.8 Å². The Balaban J connectivity index is 1.87. The van der Waals surface area contributed by atoms with Gasteiger partial charge in [0.25, 0.3) is 0 Å². The molecule has 0 spiro atoms. The number of carboxylic acid groups (broad SMARTS) is 1. The molecule has 0 radical (unpaired) electrons. The molecular weight excluding hydrogens is 304 g/mol. The van der Waals surface area contributed by atoms with Gasteiger partial charge in [0.1, 0.15) is 0 Å². The van der Waals surface area contributed by atoms with Crippen LogP contribution < -0.4 is 5.32 Å². The molecule has 1 saturated heterocycles. The summed E-state index contributed by atoms with van der Waals surface area (Å²) in [5, 5.41) is 11.8. The van der Waals surface area contributed by atoms with Crippen molar-refractivity contribution < 1.29 is 14.7 Å². The number of amides is 1. The maximum Gasteiger partial charge on any atom is 0.303 e. The number of carboxylic acids is 1. The van der Waals surface area contributed by atoms with E-state index >= 15 is 0 Å². The van der Waals surface area contributed by atoms with Crippen LogP contribution in [0, 0.1) is 5.92 Å². The number of aryl methyl sites for hydroxylation is 1. The number of anilines is 1. The average molecular weight is 332 g/mol. The normalized spacial score (nSPS) is 19.7. The maximum absolute atomic E-state index is 12.5. The molecule has 132 valence electrons. The maximum atomic E-state index is 12.5. The highest BCUT2D eigenvalue weighted by Gasteiger charge is 2.27. The Morgan fingerprint density at radius 2 is 2.04 bits per heavy atom. The number of hydrogen-bond acceptors (Lipinski definition) is 3. The van der Waals surface area contributed by atoms with E-state index in [0.29, 0.717) is 12.3 Å². The Hall–Kier alpha value is -1.88. The van der Waals surface area contributed by atoms with Crippen LogP contribution in [0.3, 0.4) is 0 Å². The van der Waals surface area contributed by atoms with Crippen molar-refractivity contribution in [1.82, 2.24) is 4.90 Å². The lowest BCUT2D eigenvalue weighted by Gasteiger charge is -2.36. The van der Waals surface area contributed by atoms with Gasteiger partial charge in [0.05, 0.1) is 6.04 Å². The third kappa shape index (κ3) is 5.34. The van der Waals surface area contributed by atoms with Crippen LogP contribution in [0.5, 0.6) is 0 Å². The Morgan fingerprint density at radius 1 is 1.33 bits per heavy atom. The van der Waals surface area contributed by atoms with E-state index in [1.165, 1.54) is 5.56 Å². The molecule has 5 heteroatoms. The van der Waals surface area contributed by atoms with Crippen LogP contribution in [0.4, 0.5) is 5.69 Å². The lowest BCUT2D eigenvalue weighted by Crippen LogP contribution is -2.47. The first-order chi connectivity index (χ1) is 11.5. The zero-order chi connectivity index (χ0) is 17.5. The Bertz CT molecular complexity index is 556. The van der Waals surface area contributed by atoms with Gasteiger partial charge in [0, 0.05) is 18.7 Å². The van der Waals surface area contributed by atoms with Crippen molar-refractivity contribution in [2.24, 2.45) is 5.92 Å². The average Bonchev–Trinajstić information content (AvgIpc) is 2.60. The zero-order valence-electron chi connectivity index (χ0n) is 14.6. The molecule has 1 aromatic rings. The van der Waals surface area contributed by atoms with Gasteiger partial charge in [-0.1, -0.05) is 19.1 Å². The van der Waals surface area contributed by atoms with E-state index in [1.807, 2.05) is 31.2 Å². The van der Waals surface area contributed by atoms with Crippen molar-refractivity contribution in [2.75, 3.05) is 18.4 Å². The van der Waals surface area contributed by atoms with Gasteiger partial charge in [-0.15, -0.1) is 0 Å². The quantitative estimate of drug-likeness (QED) is 0.805. The van der Waals surface area contributed by atoms with Gasteiger partial charge in [-0.2, -0.15) is 0 Å². The second-order valence-corrected chi connectivity index (χ2v) is 6.65. The minimum Gasteiger partial charge on any atom is -0.481 e. The summed E-state index contributed by atoms with van der Waals surface area (Å²) in [5.74, 6) is -0.375. The summed E-state index contributed by atoms with van der Waals surface area (Å²) in [6.45, 7) is 5.73. The van der Waals surface area contributed by atoms with E-state index in [2.05, 4.69) is 17.1 Å². The number of nitrogens with zero attached hydrogens (tertiary/aromatic N) is 1. The van der Waals surface area contributed by atoms with Crippen LogP contribution in [0.1, 0.15) is 45.1 Å². The minimum atomic E-state index is -0.742. The number of hydrogen-bond donors (Lipinski definition) is 2. The van der Waals surface area contributed by atoms with Crippen molar-refractivity contribution in [2.45, 2.75) is 52.0 Å². The zero-order valence-corrected chi connectivity index (χ0v) is 14.6. The molecule has 1 aromatic carbocycles. The molecule has 2 unspecified atom stereocenters. The van der Waals surface area contributed by atoms with E-state index < -0.39 is 5.97 Å². The SMILES string of the molecule is CCc1ccc(NC(=O)C(C)N2CCCC(CCC(=O)O)C2)cc1. The molecule has 24 heavy (non-hydrogen) atoms. The summed E-state index contributed by atoms with van der Waals surface area (Å²) in [4.78, 5) is 25.4. The van der Waals surface area contributed by atoms with Crippen LogP contribution >= 0.6 is 0 Å². The number of aliphatic carboxylic acids is 1. The van der Waals surface area contributed by atoms with E-state index in [9.17, 15) is 9.59 Å². The minimum absolute atomic E-state index is 0.00173. The largest absolute Gasteiger partial charge is 0.481 e. The first-order valence-corrected chi connectivity index (χ1v) is 8.85. The molecule has 0 aromatic heterocycles. The summed E-state index contributed by atoms with van der Waals surface area (Å²) in [7, 11) is 0. The fourth-order valence-electron chi connectivity index (χ4n) is 3.25.